The number of hydrogen-bond acceptors (Lipinski definition) is 5. The van der Waals surface area contributed by atoms with Crippen molar-refractivity contribution in [3.8, 4) is 0 Å². The summed E-state index contributed by atoms with van der Waals surface area (Å²) in [6.07, 6.45) is 2.21. The number of nitrogen functional groups attached to an aromatic ring is 1. The molecule has 2 aromatic rings. The Kier molecular flexibility index (Phi) is 4.87. The molecule has 1 aromatic heterocycles. The molecule has 2 heterocycles. The first-order valence-corrected chi connectivity index (χ1v) is 8.08. The van der Waals surface area contributed by atoms with Gasteiger partial charge in [0.1, 0.15) is 18.0 Å². The minimum atomic E-state index is -1.09. The van der Waals surface area contributed by atoms with Gasteiger partial charge in [0.15, 0.2) is 0 Å². The summed E-state index contributed by atoms with van der Waals surface area (Å²) in [5.74, 6) is -0.941. The zero-order valence-corrected chi connectivity index (χ0v) is 13.7. The van der Waals surface area contributed by atoms with E-state index in [1.54, 1.807) is 4.90 Å². The SMILES string of the molecule is Nc1c(C(=O)O)cnn1C1CCN(C(=O)OCc2ccccc2)CC1. The number of hydrogen-bond donors (Lipinski definition) is 2. The normalized spacial score (nSPS) is 15.1. The van der Waals surface area contributed by atoms with Crippen molar-refractivity contribution in [3.05, 3.63) is 47.7 Å². The fraction of sp³-hybridized carbons (Fsp3) is 0.353. The Labute approximate surface area is 144 Å². The van der Waals surface area contributed by atoms with Crippen LogP contribution < -0.4 is 5.73 Å². The van der Waals surface area contributed by atoms with E-state index in [4.69, 9.17) is 15.6 Å². The van der Waals surface area contributed by atoms with E-state index in [0.717, 1.165) is 5.56 Å². The lowest BCUT2D eigenvalue weighted by molar-refractivity contribution is 0.0698. The van der Waals surface area contributed by atoms with Crippen LogP contribution >= 0.6 is 0 Å². The molecule has 0 saturated carbocycles. The molecule has 8 nitrogen and oxygen atoms in total. The van der Waals surface area contributed by atoms with Gasteiger partial charge < -0.3 is 20.5 Å². The number of aromatic nitrogens is 2. The molecule has 1 aromatic carbocycles. The lowest BCUT2D eigenvalue weighted by Gasteiger charge is -2.31. The largest absolute Gasteiger partial charge is 0.477 e. The summed E-state index contributed by atoms with van der Waals surface area (Å²) >= 11 is 0. The van der Waals surface area contributed by atoms with Crippen molar-refractivity contribution >= 4 is 17.9 Å². The number of rotatable bonds is 4. The summed E-state index contributed by atoms with van der Waals surface area (Å²) in [6.45, 7) is 1.27. The average molecular weight is 344 g/mol. The molecule has 1 saturated heterocycles. The van der Waals surface area contributed by atoms with Gasteiger partial charge >= 0.3 is 12.1 Å². The molecule has 1 amide bonds. The number of ether oxygens (including phenoxy) is 1. The lowest BCUT2D eigenvalue weighted by atomic mass is 10.1. The van der Waals surface area contributed by atoms with Gasteiger partial charge in [-0.2, -0.15) is 5.10 Å². The van der Waals surface area contributed by atoms with Crippen molar-refractivity contribution in [2.75, 3.05) is 18.8 Å². The van der Waals surface area contributed by atoms with Gasteiger partial charge in [-0.1, -0.05) is 30.3 Å². The molecular weight excluding hydrogens is 324 g/mol. The Morgan fingerprint density at radius 3 is 2.52 bits per heavy atom. The van der Waals surface area contributed by atoms with Gasteiger partial charge in [0, 0.05) is 13.1 Å². The van der Waals surface area contributed by atoms with Crippen LogP contribution in [-0.4, -0.2) is 44.9 Å². The number of nitrogens with zero attached hydrogens (tertiary/aromatic N) is 3. The third kappa shape index (κ3) is 3.73. The van der Waals surface area contributed by atoms with Crippen molar-refractivity contribution in [2.45, 2.75) is 25.5 Å². The fourth-order valence-corrected chi connectivity index (χ4v) is 2.93. The van der Waals surface area contributed by atoms with Crippen molar-refractivity contribution < 1.29 is 19.4 Å². The van der Waals surface area contributed by atoms with Gasteiger partial charge in [0.05, 0.1) is 12.2 Å². The maximum absolute atomic E-state index is 12.2. The summed E-state index contributed by atoms with van der Waals surface area (Å²) in [7, 11) is 0. The highest BCUT2D eigenvalue weighted by molar-refractivity contribution is 5.92. The number of nitrogens with two attached hydrogens (primary N) is 1. The van der Waals surface area contributed by atoms with Crippen molar-refractivity contribution in [2.24, 2.45) is 0 Å². The molecule has 3 rings (SSSR count). The molecule has 1 aliphatic heterocycles. The van der Waals surface area contributed by atoms with E-state index in [2.05, 4.69) is 5.10 Å². The summed E-state index contributed by atoms with van der Waals surface area (Å²) in [6, 6.07) is 9.49. The van der Waals surface area contributed by atoms with Crippen LogP contribution in [0.25, 0.3) is 0 Å². The quantitative estimate of drug-likeness (QED) is 0.879. The second-order valence-corrected chi connectivity index (χ2v) is 5.95. The predicted octanol–water partition coefficient (Wildman–Crippen LogP) is 2.14. The summed E-state index contributed by atoms with van der Waals surface area (Å²) < 4.78 is 6.87. The topological polar surface area (TPSA) is 111 Å². The van der Waals surface area contributed by atoms with Crippen LogP contribution in [0.1, 0.15) is 34.8 Å². The number of benzene rings is 1. The van der Waals surface area contributed by atoms with Crippen molar-refractivity contribution in [1.29, 1.82) is 0 Å². The molecule has 25 heavy (non-hydrogen) atoms. The van der Waals surface area contributed by atoms with Crippen LogP contribution in [0.4, 0.5) is 10.6 Å². The summed E-state index contributed by atoms with van der Waals surface area (Å²) in [5, 5.41) is 13.1. The first-order chi connectivity index (χ1) is 12.1. The Morgan fingerprint density at radius 2 is 1.92 bits per heavy atom. The summed E-state index contributed by atoms with van der Waals surface area (Å²) in [4.78, 5) is 24.8. The van der Waals surface area contributed by atoms with Crippen LogP contribution in [0.5, 0.6) is 0 Å². The second-order valence-electron chi connectivity index (χ2n) is 5.95. The lowest BCUT2D eigenvalue weighted by Crippen LogP contribution is -2.39. The number of piperidine rings is 1. The molecule has 3 N–H and O–H groups in total. The fourth-order valence-electron chi connectivity index (χ4n) is 2.93. The monoisotopic (exact) mass is 344 g/mol. The van der Waals surface area contributed by atoms with Gasteiger partial charge in [-0.3, -0.25) is 0 Å². The molecular formula is C17H20N4O4. The maximum atomic E-state index is 12.2. The molecule has 132 valence electrons. The molecule has 0 atom stereocenters. The Hall–Kier alpha value is -3.03. The highest BCUT2D eigenvalue weighted by atomic mass is 16.6. The number of carbonyl (C=O) groups excluding carboxylic acids is 1. The van der Waals surface area contributed by atoms with E-state index in [-0.39, 0.29) is 30.1 Å². The zero-order chi connectivity index (χ0) is 17.8. The maximum Gasteiger partial charge on any atom is 0.410 e. The average Bonchev–Trinajstić information content (AvgIpc) is 3.02. The van der Waals surface area contributed by atoms with E-state index < -0.39 is 5.97 Å². The first kappa shape index (κ1) is 16.8. The molecule has 1 fully saturated rings. The third-order valence-corrected chi connectivity index (χ3v) is 4.34. The number of anilines is 1. The molecule has 0 unspecified atom stereocenters. The smallest absolute Gasteiger partial charge is 0.410 e. The van der Waals surface area contributed by atoms with E-state index in [0.29, 0.717) is 25.9 Å². The Morgan fingerprint density at radius 1 is 1.24 bits per heavy atom. The number of aromatic carboxylic acids is 1. The van der Waals surface area contributed by atoms with Gasteiger partial charge in [-0.25, -0.2) is 14.3 Å². The molecule has 0 spiro atoms. The number of likely N-dealkylation sites (tertiary alicyclic amines) is 1. The number of carboxylic acids is 1. The summed E-state index contributed by atoms with van der Waals surface area (Å²) in [5.41, 5.74) is 6.80. The highest BCUT2D eigenvalue weighted by Crippen LogP contribution is 2.26. The second kappa shape index (κ2) is 7.25. The Balaban J connectivity index is 1.53. The van der Waals surface area contributed by atoms with Gasteiger partial charge in [0.25, 0.3) is 0 Å². The minimum Gasteiger partial charge on any atom is -0.477 e. The molecule has 8 heteroatoms. The van der Waals surface area contributed by atoms with Crippen LogP contribution in [0.3, 0.4) is 0 Å². The van der Waals surface area contributed by atoms with Crippen LogP contribution in [0, 0.1) is 0 Å². The van der Waals surface area contributed by atoms with Gasteiger partial charge in [-0.05, 0) is 18.4 Å². The number of carboxylic acid groups (broad SMARTS) is 1. The minimum absolute atomic E-state index is 0.00435. The molecule has 1 aliphatic rings. The van der Waals surface area contributed by atoms with E-state index in [1.165, 1.54) is 10.9 Å². The Bertz CT molecular complexity index is 751. The zero-order valence-electron chi connectivity index (χ0n) is 13.7. The van der Waals surface area contributed by atoms with E-state index in [1.807, 2.05) is 30.3 Å². The number of amides is 1. The van der Waals surface area contributed by atoms with E-state index >= 15 is 0 Å². The van der Waals surface area contributed by atoms with Crippen molar-refractivity contribution in [1.82, 2.24) is 14.7 Å². The third-order valence-electron chi connectivity index (χ3n) is 4.34. The van der Waals surface area contributed by atoms with E-state index in [9.17, 15) is 9.59 Å². The molecule has 0 bridgehead atoms. The van der Waals surface area contributed by atoms with Gasteiger partial charge in [-0.15, -0.1) is 0 Å². The van der Waals surface area contributed by atoms with Crippen LogP contribution in [0.2, 0.25) is 0 Å². The first-order valence-electron chi connectivity index (χ1n) is 8.08. The highest BCUT2D eigenvalue weighted by Gasteiger charge is 2.27. The van der Waals surface area contributed by atoms with Crippen LogP contribution in [0.15, 0.2) is 36.5 Å². The molecule has 0 aliphatic carbocycles. The predicted molar refractivity (Wildman–Crippen MR) is 90.1 cm³/mol. The number of carbonyl (C=O) groups is 2. The van der Waals surface area contributed by atoms with Crippen LogP contribution in [-0.2, 0) is 11.3 Å². The standard InChI is InChI=1S/C17H20N4O4/c18-15-14(16(22)23)10-19-21(15)13-6-8-20(9-7-13)17(24)25-11-12-4-2-1-3-5-12/h1-5,10,13H,6-9,11,18H2,(H,22,23). The van der Waals surface area contributed by atoms with Crippen molar-refractivity contribution in [3.63, 3.8) is 0 Å². The molecule has 0 radical (unpaired) electrons. The van der Waals surface area contributed by atoms with Gasteiger partial charge in [0.2, 0.25) is 0 Å².